The van der Waals surface area contributed by atoms with Gasteiger partial charge in [0, 0.05) is 17.6 Å². The summed E-state index contributed by atoms with van der Waals surface area (Å²) in [5.74, 6) is -0.0914. The van der Waals surface area contributed by atoms with Crippen molar-refractivity contribution in [3.8, 4) is 5.75 Å². The molecule has 0 saturated heterocycles. The molecular formula is C18H16ClF2NO2. The Morgan fingerprint density at radius 2 is 1.79 bits per heavy atom. The highest BCUT2D eigenvalue weighted by molar-refractivity contribution is 6.30. The Morgan fingerprint density at radius 3 is 2.42 bits per heavy atom. The lowest BCUT2D eigenvalue weighted by atomic mass is 10.1. The highest BCUT2D eigenvalue weighted by Crippen LogP contribution is 2.15. The van der Waals surface area contributed by atoms with Crippen LogP contribution in [0.2, 0.25) is 5.02 Å². The molecule has 0 aromatic heterocycles. The van der Waals surface area contributed by atoms with Gasteiger partial charge in [-0.2, -0.15) is 8.78 Å². The summed E-state index contributed by atoms with van der Waals surface area (Å²) in [6.07, 6.45) is 3.74. The Morgan fingerprint density at radius 1 is 1.12 bits per heavy atom. The second kappa shape index (κ2) is 9.03. The molecule has 2 aromatic rings. The van der Waals surface area contributed by atoms with Gasteiger partial charge in [0.2, 0.25) is 5.91 Å². The summed E-state index contributed by atoms with van der Waals surface area (Å²) in [6, 6.07) is 13.5. The molecule has 0 unspecified atom stereocenters. The first kappa shape index (κ1) is 17.9. The summed E-state index contributed by atoms with van der Waals surface area (Å²) in [5.41, 5.74) is 1.79. The number of hydrogen-bond donors (Lipinski definition) is 1. The summed E-state index contributed by atoms with van der Waals surface area (Å²) >= 11 is 5.79. The third-order valence-corrected chi connectivity index (χ3v) is 3.41. The fourth-order valence-electron chi connectivity index (χ4n) is 1.97. The molecule has 2 aromatic carbocycles. The third-order valence-electron chi connectivity index (χ3n) is 3.16. The minimum absolute atomic E-state index is 0.115. The maximum absolute atomic E-state index is 12.0. The second-order valence-corrected chi connectivity index (χ2v) is 5.38. The number of amides is 1. The average molecular weight is 352 g/mol. The van der Waals surface area contributed by atoms with E-state index >= 15 is 0 Å². The number of carbonyl (C=O) groups is 1. The van der Waals surface area contributed by atoms with E-state index in [4.69, 9.17) is 11.6 Å². The van der Waals surface area contributed by atoms with Crippen LogP contribution in [0.25, 0.3) is 6.08 Å². The Hall–Kier alpha value is -2.40. The van der Waals surface area contributed by atoms with Gasteiger partial charge in [0.05, 0.1) is 0 Å². The molecule has 0 fully saturated rings. The van der Waals surface area contributed by atoms with Crippen LogP contribution in [-0.2, 0) is 11.2 Å². The van der Waals surface area contributed by atoms with Crippen LogP contribution in [0.15, 0.2) is 54.6 Å². The molecule has 0 aliphatic heterocycles. The molecule has 0 heterocycles. The van der Waals surface area contributed by atoms with E-state index in [9.17, 15) is 13.6 Å². The van der Waals surface area contributed by atoms with Crippen LogP contribution >= 0.6 is 11.6 Å². The molecule has 0 atom stereocenters. The van der Waals surface area contributed by atoms with E-state index in [0.717, 1.165) is 11.1 Å². The molecule has 1 N–H and O–H groups in total. The first-order valence-electron chi connectivity index (χ1n) is 7.28. The molecule has 0 aliphatic carbocycles. The van der Waals surface area contributed by atoms with Crippen molar-refractivity contribution in [3.63, 3.8) is 0 Å². The van der Waals surface area contributed by atoms with Crippen molar-refractivity contribution in [2.45, 2.75) is 13.0 Å². The molecule has 126 valence electrons. The van der Waals surface area contributed by atoms with E-state index in [1.807, 2.05) is 12.1 Å². The van der Waals surface area contributed by atoms with Crippen LogP contribution in [-0.4, -0.2) is 19.1 Å². The summed E-state index contributed by atoms with van der Waals surface area (Å²) in [5, 5.41) is 3.40. The minimum Gasteiger partial charge on any atom is -0.435 e. The zero-order valence-electron chi connectivity index (χ0n) is 12.7. The van der Waals surface area contributed by atoms with Crippen molar-refractivity contribution in [1.29, 1.82) is 0 Å². The Bertz CT molecular complexity index is 685. The van der Waals surface area contributed by atoms with E-state index in [-0.39, 0.29) is 11.7 Å². The minimum atomic E-state index is -2.83. The number of rotatable bonds is 7. The van der Waals surface area contributed by atoms with Crippen molar-refractivity contribution in [2.75, 3.05) is 6.54 Å². The van der Waals surface area contributed by atoms with Gasteiger partial charge in [0.1, 0.15) is 5.75 Å². The molecule has 2 rings (SSSR count). The van der Waals surface area contributed by atoms with E-state index in [1.54, 1.807) is 30.3 Å². The van der Waals surface area contributed by atoms with Crippen LogP contribution < -0.4 is 10.1 Å². The number of benzene rings is 2. The second-order valence-electron chi connectivity index (χ2n) is 4.95. The highest BCUT2D eigenvalue weighted by Gasteiger charge is 2.03. The molecule has 1 amide bonds. The van der Waals surface area contributed by atoms with Crippen LogP contribution in [0.4, 0.5) is 8.78 Å². The van der Waals surface area contributed by atoms with Gasteiger partial charge in [-0.05, 0) is 47.9 Å². The van der Waals surface area contributed by atoms with Gasteiger partial charge in [0.25, 0.3) is 0 Å². The number of alkyl halides is 2. The first-order chi connectivity index (χ1) is 11.5. The number of carbonyl (C=O) groups excluding carboxylic acids is 1. The maximum atomic E-state index is 12.0. The van der Waals surface area contributed by atoms with Gasteiger partial charge in [-0.25, -0.2) is 0 Å². The lowest BCUT2D eigenvalue weighted by Crippen LogP contribution is -2.23. The average Bonchev–Trinajstić information content (AvgIpc) is 2.55. The SMILES string of the molecule is O=C(/C=C/c1ccc(Cl)cc1)NCCc1ccc(OC(F)F)cc1. The van der Waals surface area contributed by atoms with Gasteiger partial charge in [-0.15, -0.1) is 0 Å². The standard InChI is InChI=1S/C18H16ClF2NO2/c19-15-6-1-13(2-7-15)5-10-17(23)22-12-11-14-3-8-16(9-4-14)24-18(20)21/h1-10,18H,11-12H2,(H,22,23)/b10-5+. The monoisotopic (exact) mass is 351 g/mol. The summed E-state index contributed by atoms with van der Waals surface area (Å²) in [6.45, 7) is -2.39. The number of halogens is 3. The lowest BCUT2D eigenvalue weighted by Gasteiger charge is -2.06. The summed E-state index contributed by atoms with van der Waals surface area (Å²) in [7, 11) is 0. The van der Waals surface area contributed by atoms with Gasteiger partial charge < -0.3 is 10.1 Å². The van der Waals surface area contributed by atoms with E-state index in [2.05, 4.69) is 10.1 Å². The molecule has 24 heavy (non-hydrogen) atoms. The van der Waals surface area contributed by atoms with Crippen LogP contribution in [0.3, 0.4) is 0 Å². The molecule has 0 bridgehead atoms. The molecular weight excluding hydrogens is 336 g/mol. The molecule has 0 aliphatic rings. The van der Waals surface area contributed by atoms with E-state index in [0.29, 0.717) is 18.0 Å². The predicted octanol–water partition coefficient (Wildman–Crippen LogP) is 4.31. The van der Waals surface area contributed by atoms with Gasteiger partial charge in [-0.1, -0.05) is 35.9 Å². The third kappa shape index (κ3) is 6.38. The zero-order chi connectivity index (χ0) is 17.4. The Balaban J connectivity index is 1.75. The van der Waals surface area contributed by atoms with Crippen LogP contribution in [0, 0.1) is 0 Å². The van der Waals surface area contributed by atoms with Crippen LogP contribution in [0.1, 0.15) is 11.1 Å². The molecule has 0 saturated carbocycles. The summed E-state index contributed by atoms with van der Waals surface area (Å²) in [4.78, 5) is 11.7. The van der Waals surface area contributed by atoms with E-state index < -0.39 is 6.61 Å². The molecule has 0 spiro atoms. The number of nitrogens with one attached hydrogen (secondary N) is 1. The number of hydrogen-bond acceptors (Lipinski definition) is 2. The molecule has 0 radical (unpaired) electrons. The maximum Gasteiger partial charge on any atom is 0.387 e. The first-order valence-corrected chi connectivity index (χ1v) is 7.66. The zero-order valence-corrected chi connectivity index (χ0v) is 13.5. The van der Waals surface area contributed by atoms with Gasteiger partial charge in [-0.3, -0.25) is 4.79 Å². The smallest absolute Gasteiger partial charge is 0.387 e. The highest BCUT2D eigenvalue weighted by atomic mass is 35.5. The predicted molar refractivity (Wildman–Crippen MR) is 90.3 cm³/mol. The topological polar surface area (TPSA) is 38.3 Å². The summed E-state index contributed by atoms with van der Waals surface area (Å²) < 4.78 is 28.4. The quantitative estimate of drug-likeness (QED) is 0.755. The fraction of sp³-hybridized carbons (Fsp3) is 0.167. The van der Waals surface area contributed by atoms with Crippen molar-refractivity contribution in [1.82, 2.24) is 5.32 Å². The number of ether oxygens (including phenoxy) is 1. The van der Waals surface area contributed by atoms with Crippen molar-refractivity contribution in [3.05, 3.63) is 70.8 Å². The van der Waals surface area contributed by atoms with Crippen molar-refractivity contribution in [2.24, 2.45) is 0 Å². The normalized spacial score (nSPS) is 11.0. The van der Waals surface area contributed by atoms with Crippen LogP contribution in [0.5, 0.6) is 5.75 Å². The van der Waals surface area contributed by atoms with Crippen molar-refractivity contribution >= 4 is 23.6 Å². The Labute approximate surface area is 143 Å². The largest absolute Gasteiger partial charge is 0.435 e. The van der Waals surface area contributed by atoms with Gasteiger partial charge in [0.15, 0.2) is 0 Å². The van der Waals surface area contributed by atoms with E-state index in [1.165, 1.54) is 18.2 Å². The molecule has 3 nitrogen and oxygen atoms in total. The molecule has 6 heteroatoms. The fourth-order valence-corrected chi connectivity index (χ4v) is 2.10. The van der Waals surface area contributed by atoms with Crippen molar-refractivity contribution < 1.29 is 18.3 Å². The van der Waals surface area contributed by atoms with Gasteiger partial charge >= 0.3 is 6.61 Å². The lowest BCUT2D eigenvalue weighted by molar-refractivity contribution is -0.116. The Kier molecular flexibility index (Phi) is 6.75.